The number of rotatable bonds is 8. The first-order valence-corrected chi connectivity index (χ1v) is 8.04. The van der Waals surface area contributed by atoms with E-state index in [4.69, 9.17) is 9.84 Å². The number of benzene rings is 2. The van der Waals surface area contributed by atoms with Crippen LogP contribution in [0.2, 0.25) is 0 Å². The van der Waals surface area contributed by atoms with E-state index in [1.54, 1.807) is 30.3 Å². The van der Waals surface area contributed by atoms with Crippen molar-refractivity contribution in [1.29, 1.82) is 0 Å². The van der Waals surface area contributed by atoms with Gasteiger partial charge in [0.15, 0.2) is 11.6 Å². The molecule has 0 radical (unpaired) electrons. The van der Waals surface area contributed by atoms with Crippen molar-refractivity contribution in [2.45, 2.75) is 6.54 Å². The lowest BCUT2D eigenvalue weighted by Gasteiger charge is -2.22. The molecule has 0 unspecified atom stereocenters. The number of halogens is 3. The molecule has 23 heavy (non-hydrogen) atoms. The van der Waals surface area contributed by atoms with Crippen molar-refractivity contribution in [3.05, 3.63) is 64.1 Å². The highest BCUT2D eigenvalue weighted by atomic mass is 79.9. The molecule has 2 rings (SSSR count). The molecule has 0 aliphatic carbocycles. The standard InChI is InChI=1S/C17H18BrF2NO2/c18-14-5-6-15(19)13(11-14)12-21(7-9-22)8-10-23-17-4-2-1-3-16(17)20/h1-6,11,22H,7-10,12H2. The van der Waals surface area contributed by atoms with Crippen LogP contribution in [0, 0.1) is 11.6 Å². The van der Waals surface area contributed by atoms with Gasteiger partial charge in [-0.15, -0.1) is 0 Å². The van der Waals surface area contributed by atoms with E-state index in [0.717, 1.165) is 4.47 Å². The summed E-state index contributed by atoms with van der Waals surface area (Å²) in [5.41, 5.74) is 0.527. The summed E-state index contributed by atoms with van der Waals surface area (Å²) in [7, 11) is 0. The summed E-state index contributed by atoms with van der Waals surface area (Å²) in [5, 5.41) is 9.15. The fourth-order valence-electron chi connectivity index (χ4n) is 2.16. The summed E-state index contributed by atoms with van der Waals surface area (Å²) in [6.07, 6.45) is 0. The third-order valence-corrected chi connectivity index (χ3v) is 3.81. The van der Waals surface area contributed by atoms with Crippen molar-refractivity contribution >= 4 is 15.9 Å². The van der Waals surface area contributed by atoms with Crippen molar-refractivity contribution in [1.82, 2.24) is 4.90 Å². The van der Waals surface area contributed by atoms with Gasteiger partial charge in [0.05, 0.1) is 6.61 Å². The van der Waals surface area contributed by atoms with E-state index >= 15 is 0 Å². The molecule has 0 aliphatic heterocycles. The van der Waals surface area contributed by atoms with Crippen LogP contribution in [0.1, 0.15) is 5.56 Å². The number of ether oxygens (including phenoxy) is 1. The molecule has 0 aromatic heterocycles. The molecule has 0 atom stereocenters. The molecule has 3 nitrogen and oxygen atoms in total. The predicted molar refractivity (Wildman–Crippen MR) is 88.4 cm³/mol. The SMILES string of the molecule is OCCN(CCOc1ccccc1F)Cc1cc(Br)ccc1F. The van der Waals surface area contributed by atoms with E-state index in [1.165, 1.54) is 12.1 Å². The molecule has 0 aliphatic rings. The van der Waals surface area contributed by atoms with E-state index in [1.807, 2.05) is 4.90 Å². The normalized spacial score (nSPS) is 11.0. The van der Waals surface area contributed by atoms with Crippen molar-refractivity contribution in [2.24, 2.45) is 0 Å². The Hall–Kier alpha value is -1.50. The van der Waals surface area contributed by atoms with Crippen LogP contribution >= 0.6 is 15.9 Å². The van der Waals surface area contributed by atoms with Crippen molar-refractivity contribution in [3.8, 4) is 5.75 Å². The maximum Gasteiger partial charge on any atom is 0.165 e. The second-order valence-corrected chi connectivity index (χ2v) is 5.93. The minimum Gasteiger partial charge on any atom is -0.489 e. The highest BCUT2D eigenvalue weighted by molar-refractivity contribution is 9.10. The van der Waals surface area contributed by atoms with Gasteiger partial charge < -0.3 is 9.84 Å². The summed E-state index contributed by atoms with van der Waals surface area (Å²) >= 11 is 3.32. The summed E-state index contributed by atoms with van der Waals surface area (Å²) < 4.78 is 33.5. The minimum absolute atomic E-state index is 0.0463. The van der Waals surface area contributed by atoms with Crippen LogP contribution in [0.3, 0.4) is 0 Å². The Kier molecular flexibility index (Phi) is 6.95. The Balaban J connectivity index is 1.93. The van der Waals surface area contributed by atoms with E-state index in [9.17, 15) is 8.78 Å². The van der Waals surface area contributed by atoms with Gasteiger partial charge in [0.2, 0.25) is 0 Å². The van der Waals surface area contributed by atoms with Gasteiger partial charge >= 0.3 is 0 Å². The van der Waals surface area contributed by atoms with Crippen LogP contribution in [-0.4, -0.2) is 36.3 Å². The Morgan fingerprint density at radius 2 is 1.83 bits per heavy atom. The van der Waals surface area contributed by atoms with Crippen LogP contribution in [0.5, 0.6) is 5.75 Å². The number of hydrogen-bond acceptors (Lipinski definition) is 3. The van der Waals surface area contributed by atoms with Crippen molar-refractivity contribution < 1.29 is 18.6 Å². The van der Waals surface area contributed by atoms with Crippen molar-refractivity contribution in [2.75, 3.05) is 26.3 Å². The first-order chi connectivity index (χ1) is 11.1. The van der Waals surface area contributed by atoms with Gasteiger partial charge in [0.1, 0.15) is 12.4 Å². The van der Waals surface area contributed by atoms with Crippen LogP contribution in [0.4, 0.5) is 8.78 Å². The number of para-hydroxylation sites is 1. The highest BCUT2D eigenvalue weighted by Crippen LogP contribution is 2.18. The Morgan fingerprint density at radius 3 is 2.57 bits per heavy atom. The lowest BCUT2D eigenvalue weighted by Crippen LogP contribution is -2.31. The van der Waals surface area contributed by atoms with E-state index in [0.29, 0.717) is 25.2 Å². The quantitative estimate of drug-likeness (QED) is 0.753. The number of hydrogen-bond donors (Lipinski definition) is 1. The zero-order chi connectivity index (χ0) is 16.7. The van der Waals surface area contributed by atoms with Gasteiger partial charge in [-0.25, -0.2) is 8.78 Å². The molecule has 2 aromatic rings. The Bertz CT molecular complexity index is 640. The van der Waals surface area contributed by atoms with Crippen molar-refractivity contribution in [3.63, 3.8) is 0 Å². The van der Waals surface area contributed by atoms with Crippen LogP contribution in [-0.2, 0) is 6.54 Å². The average Bonchev–Trinajstić information content (AvgIpc) is 2.53. The molecule has 6 heteroatoms. The summed E-state index contributed by atoms with van der Waals surface area (Å²) in [4.78, 5) is 1.85. The Labute approximate surface area is 142 Å². The lowest BCUT2D eigenvalue weighted by molar-refractivity contribution is 0.160. The third kappa shape index (κ3) is 5.57. The van der Waals surface area contributed by atoms with Gasteiger partial charge in [0, 0.05) is 29.7 Å². The summed E-state index contributed by atoms with van der Waals surface area (Å²) in [5.74, 6) is -0.532. The number of nitrogens with zero attached hydrogens (tertiary/aromatic N) is 1. The van der Waals surface area contributed by atoms with Crippen LogP contribution in [0.15, 0.2) is 46.9 Å². The zero-order valence-electron chi connectivity index (χ0n) is 12.5. The van der Waals surface area contributed by atoms with Gasteiger partial charge in [-0.05, 0) is 30.3 Å². The molecule has 0 spiro atoms. The van der Waals surface area contributed by atoms with Gasteiger partial charge in [-0.3, -0.25) is 4.90 Å². The van der Waals surface area contributed by atoms with E-state index < -0.39 is 5.82 Å². The molecular formula is C17H18BrF2NO2. The summed E-state index contributed by atoms with van der Waals surface area (Å²) in [6, 6.07) is 10.9. The zero-order valence-corrected chi connectivity index (χ0v) is 14.1. The Morgan fingerprint density at radius 1 is 1.04 bits per heavy atom. The van der Waals surface area contributed by atoms with Crippen LogP contribution < -0.4 is 4.74 Å². The molecular weight excluding hydrogens is 368 g/mol. The topological polar surface area (TPSA) is 32.7 Å². The van der Waals surface area contributed by atoms with Gasteiger partial charge in [-0.2, -0.15) is 0 Å². The average molecular weight is 386 g/mol. The first-order valence-electron chi connectivity index (χ1n) is 7.24. The second kappa shape index (κ2) is 8.96. The fraction of sp³-hybridized carbons (Fsp3) is 0.294. The largest absolute Gasteiger partial charge is 0.489 e. The molecule has 2 aromatic carbocycles. The summed E-state index contributed by atoms with van der Waals surface area (Å²) in [6.45, 7) is 1.37. The molecule has 1 N–H and O–H groups in total. The van der Waals surface area contributed by atoms with E-state index in [2.05, 4.69) is 15.9 Å². The first kappa shape index (κ1) is 17.8. The lowest BCUT2D eigenvalue weighted by atomic mass is 10.2. The monoisotopic (exact) mass is 385 g/mol. The van der Waals surface area contributed by atoms with E-state index in [-0.39, 0.29) is 24.8 Å². The number of aliphatic hydroxyl groups excluding tert-OH is 1. The van der Waals surface area contributed by atoms with Crippen LogP contribution in [0.25, 0.3) is 0 Å². The maximum atomic E-state index is 13.8. The maximum absolute atomic E-state index is 13.8. The highest BCUT2D eigenvalue weighted by Gasteiger charge is 2.11. The minimum atomic E-state index is -0.417. The molecule has 0 amide bonds. The fourth-order valence-corrected chi connectivity index (χ4v) is 2.57. The smallest absolute Gasteiger partial charge is 0.165 e. The number of aliphatic hydroxyl groups is 1. The molecule has 0 bridgehead atoms. The molecule has 0 heterocycles. The van der Waals surface area contributed by atoms with Gasteiger partial charge in [-0.1, -0.05) is 28.1 Å². The molecule has 124 valence electrons. The van der Waals surface area contributed by atoms with Gasteiger partial charge in [0.25, 0.3) is 0 Å². The predicted octanol–water partition coefficient (Wildman–Crippen LogP) is 3.60. The second-order valence-electron chi connectivity index (χ2n) is 5.01. The molecule has 0 saturated heterocycles. The molecule has 0 saturated carbocycles. The molecule has 0 fully saturated rings. The third-order valence-electron chi connectivity index (χ3n) is 3.32.